The number of carbonyl (C=O) groups is 1. The van der Waals surface area contributed by atoms with Gasteiger partial charge in [-0.15, -0.1) is 0 Å². The first-order chi connectivity index (χ1) is 7.89. The molecule has 0 fully saturated rings. The molecule has 1 aromatic heterocycles. The number of amides is 1. The summed E-state index contributed by atoms with van der Waals surface area (Å²) < 4.78 is 38.0. The predicted octanol–water partition coefficient (Wildman–Crippen LogP) is 2.35. The highest BCUT2D eigenvalue weighted by Gasteiger charge is 2.32. The van der Waals surface area contributed by atoms with Gasteiger partial charge in [-0.1, -0.05) is 6.07 Å². The Balaban J connectivity index is 2.72. The van der Waals surface area contributed by atoms with E-state index in [2.05, 4.69) is 4.98 Å². The molecule has 0 atom stereocenters. The van der Waals surface area contributed by atoms with Gasteiger partial charge >= 0.3 is 6.18 Å². The van der Waals surface area contributed by atoms with Crippen molar-refractivity contribution in [1.29, 1.82) is 0 Å². The standard InChI is InChI=1S/C11H7F3N2O/c12-11(13,14)7-2-1-3-8-6(7)4-5-9(16-8)10(15)17/h1-5H,(H2,15,17). The van der Waals surface area contributed by atoms with Crippen LogP contribution in [0.15, 0.2) is 30.3 Å². The van der Waals surface area contributed by atoms with Gasteiger partial charge in [0.2, 0.25) is 0 Å². The molecule has 2 rings (SSSR count). The molecule has 3 nitrogen and oxygen atoms in total. The van der Waals surface area contributed by atoms with Crippen LogP contribution >= 0.6 is 0 Å². The number of hydrogen-bond donors (Lipinski definition) is 1. The summed E-state index contributed by atoms with van der Waals surface area (Å²) in [7, 11) is 0. The summed E-state index contributed by atoms with van der Waals surface area (Å²) in [4.78, 5) is 14.6. The molecule has 6 heteroatoms. The van der Waals surface area contributed by atoms with E-state index in [0.717, 1.165) is 6.07 Å². The molecule has 0 bridgehead atoms. The van der Waals surface area contributed by atoms with Crippen molar-refractivity contribution in [2.45, 2.75) is 6.18 Å². The van der Waals surface area contributed by atoms with Crippen molar-refractivity contribution >= 4 is 16.8 Å². The van der Waals surface area contributed by atoms with E-state index in [9.17, 15) is 18.0 Å². The number of alkyl halides is 3. The fraction of sp³-hybridized carbons (Fsp3) is 0.0909. The Hall–Kier alpha value is -2.11. The second-order valence-corrected chi connectivity index (χ2v) is 3.43. The van der Waals surface area contributed by atoms with E-state index in [-0.39, 0.29) is 16.6 Å². The average molecular weight is 240 g/mol. The number of benzene rings is 1. The van der Waals surface area contributed by atoms with Crippen LogP contribution in [0.4, 0.5) is 13.2 Å². The molecule has 0 spiro atoms. The highest BCUT2D eigenvalue weighted by molar-refractivity contribution is 5.94. The lowest BCUT2D eigenvalue weighted by molar-refractivity contribution is -0.136. The summed E-state index contributed by atoms with van der Waals surface area (Å²) in [5.74, 6) is -0.774. The van der Waals surface area contributed by atoms with E-state index in [0.29, 0.717) is 0 Å². The Labute approximate surface area is 94.1 Å². The monoisotopic (exact) mass is 240 g/mol. The van der Waals surface area contributed by atoms with E-state index in [1.165, 1.54) is 24.3 Å². The number of nitrogens with two attached hydrogens (primary N) is 1. The third kappa shape index (κ3) is 2.06. The molecule has 2 N–H and O–H groups in total. The van der Waals surface area contributed by atoms with Crippen LogP contribution in [-0.4, -0.2) is 10.9 Å². The molecular weight excluding hydrogens is 233 g/mol. The van der Waals surface area contributed by atoms with Crippen molar-refractivity contribution in [3.8, 4) is 0 Å². The molecule has 0 aliphatic rings. The van der Waals surface area contributed by atoms with E-state index in [4.69, 9.17) is 5.73 Å². The van der Waals surface area contributed by atoms with Crippen molar-refractivity contribution in [3.63, 3.8) is 0 Å². The summed E-state index contributed by atoms with van der Waals surface area (Å²) in [5, 5.41) is -0.0509. The molecule has 2 aromatic rings. The van der Waals surface area contributed by atoms with Gasteiger partial charge in [0.15, 0.2) is 0 Å². The zero-order chi connectivity index (χ0) is 12.6. The maximum Gasteiger partial charge on any atom is 0.417 e. The normalized spacial score (nSPS) is 11.7. The zero-order valence-electron chi connectivity index (χ0n) is 8.45. The maximum absolute atomic E-state index is 12.7. The number of aromatic nitrogens is 1. The lowest BCUT2D eigenvalue weighted by Gasteiger charge is -2.09. The number of fused-ring (bicyclic) bond motifs is 1. The molecular formula is C11H7F3N2O. The van der Waals surface area contributed by atoms with Crippen LogP contribution in [0.25, 0.3) is 10.9 Å². The van der Waals surface area contributed by atoms with E-state index in [1.54, 1.807) is 0 Å². The van der Waals surface area contributed by atoms with E-state index < -0.39 is 17.6 Å². The van der Waals surface area contributed by atoms with Crippen LogP contribution in [0, 0.1) is 0 Å². The first kappa shape index (κ1) is 11.4. The molecule has 1 heterocycles. The minimum absolute atomic E-state index is 0.0509. The Bertz CT molecular complexity index is 593. The van der Waals surface area contributed by atoms with E-state index >= 15 is 0 Å². The van der Waals surface area contributed by atoms with Gasteiger partial charge < -0.3 is 5.73 Å². The SMILES string of the molecule is NC(=O)c1ccc2c(C(F)(F)F)cccc2n1. The lowest BCUT2D eigenvalue weighted by atomic mass is 10.1. The number of pyridine rings is 1. The van der Waals surface area contributed by atoms with Crippen LogP contribution < -0.4 is 5.73 Å². The Morgan fingerprint density at radius 1 is 1.18 bits per heavy atom. The first-order valence-electron chi connectivity index (χ1n) is 4.66. The van der Waals surface area contributed by atoms with Gasteiger partial charge in [0, 0.05) is 5.39 Å². The Kier molecular flexibility index (Phi) is 2.49. The number of carbonyl (C=O) groups excluding carboxylic acids is 1. The summed E-state index contributed by atoms with van der Waals surface area (Å²) >= 11 is 0. The number of hydrogen-bond acceptors (Lipinski definition) is 2. The topological polar surface area (TPSA) is 56.0 Å². The molecule has 0 unspecified atom stereocenters. The largest absolute Gasteiger partial charge is 0.417 e. The molecule has 0 radical (unpaired) electrons. The van der Waals surface area contributed by atoms with Crippen molar-refractivity contribution in [2.24, 2.45) is 5.73 Å². The first-order valence-corrected chi connectivity index (χ1v) is 4.66. The van der Waals surface area contributed by atoms with Gasteiger partial charge in [0.05, 0.1) is 11.1 Å². The van der Waals surface area contributed by atoms with Crippen LogP contribution in [0.3, 0.4) is 0 Å². The Morgan fingerprint density at radius 2 is 1.88 bits per heavy atom. The van der Waals surface area contributed by atoms with Crippen molar-refractivity contribution in [2.75, 3.05) is 0 Å². The molecule has 0 aliphatic heterocycles. The number of halogens is 3. The summed E-state index contributed by atoms with van der Waals surface area (Å²) in [6, 6.07) is 5.99. The smallest absolute Gasteiger partial charge is 0.364 e. The van der Waals surface area contributed by atoms with Crippen molar-refractivity contribution < 1.29 is 18.0 Å². The van der Waals surface area contributed by atoms with Gasteiger partial charge in [-0.25, -0.2) is 4.98 Å². The third-order valence-electron chi connectivity index (χ3n) is 2.29. The highest BCUT2D eigenvalue weighted by atomic mass is 19.4. The van der Waals surface area contributed by atoms with Gasteiger partial charge in [-0.2, -0.15) is 13.2 Å². The van der Waals surface area contributed by atoms with Gasteiger partial charge in [-0.05, 0) is 24.3 Å². The van der Waals surface area contributed by atoms with Gasteiger partial charge in [-0.3, -0.25) is 4.79 Å². The van der Waals surface area contributed by atoms with Crippen LogP contribution in [0.1, 0.15) is 16.1 Å². The lowest BCUT2D eigenvalue weighted by Crippen LogP contribution is -2.13. The predicted molar refractivity (Wildman–Crippen MR) is 55.3 cm³/mol. The van der Waals surface area contributed by atoms with Gasteiger partial charge in [0.1, 0.15) is 5.69 Å². The quantitative estimate of drug-likeness (QED) is 0.831. The molecule has 0 saturated heterocycles. The van der Waals surface area contributed by atoms with E-state index in [1.807, 2.05) is 0 Å². The summed E-state index contributed by atoms with van der Waals surface area (Å²) in [6.45, 7) is 0. The number of rotatable bonds is 1. The molecule has 0 saturated carbocycles. The molecule has 1 aromatic carbocycles. The third-order valence-corrected chi connectivity index (χ3v) is 2.29. The van der Waals surface area contributed by atoms with Crippen LogP contribution in [-0.2, 0) is 6.18 Å². The number of nitrogens with zero attached hydrogens (tertiary/aromatic N) is 1. The number of primary amides is 1. The summed E-state index contributed by atoms with van der Waals surface area (Å²) in [6.07, 6.45) is -4.45. The van der Waals surface area contributed by atoms with Crippen LogP contribution in [0.5, 0.6) is 0 Å². The molecule has 1 amide bonds. The maximum atomic E-state index is 12.7. The minimum Gasteiger partial charge on any atom is -0.364 e. The second-order valence-electron chi connectivity index (χ2n) is 3.43. The average Bonchev–Trinajstić information content (AvgIpc) is 2.26. The summed E-state index contributed by atoms with van der Waals surface area (Å²) in [5.41, 5.74) is 4.26. The fourth-order valence-electron chi connectivity index (χ4n) is 1.54. The van der Waals surface area contributed by atoms with Crippen molar-refractivity contribution in [1.82, 2.24) is 4.98 Å². The Morgan fingerprint density at radius 3 is 2.47 bits per heavy atom. The molecule has 88 valence electrons. The van der Waals surface area contributed by atoms with Gasteiger partial charge in [0.25, 0.3) is 5.91 Å². The highest BCUT2D eigenvalue weighted by Crippen LogP contribution is 2.34. The zero-order valence-corrected chi connectivity index (χ0v) is 8.45. The van der Waals surface area contributed by atoms with Crippen LogP contribution in [0.2, 0.25) is 0 Å². The second kappa shape index (κ2) is 3.73. The molecule has 0 aliphatic carbocycles. The van der Waals surface area contributed by atoms with Crippen molar-refractivity contribution in [3.05, 3.63) is 41.6 Å². The minimum atomic E-state index is -4.45. The molecule has 17 heavy (non-hydrogen) atoms. The fourth-order valence-corrected chi connectivity index (χ4v) is 1.54.